The van der Waals surface area contributed by atoms with E-state index in [1.54, 1.807) is 0 Å². The quantitative estimate of drug-likeness (QED) is 0.298. The fourth-order valence-electron chi connectivity index (χ4n) is 3.76. The third-order valence-electron chi connectivity index (χ3n) is 4.42. The first-order chi connectivity index (χ1) is 9.03. The summed E-state index contributed by atoms with van der Waals surface area (Å²) in [5.41, 5.74) is -4.08. The zero-order valence-corrected chi connectivity index (χ0v) is 9.46. The van der Waals surface area contributed by atoms with Gasteiger partial charge in [-0.15, -0.1) is 0 Å². The van der Waals surface area contributed by atoms with E-state index in [9.17, 15) is 35.9 Å². The predicted molar refractivity (Wildman–Crippen MR) is 48.7 cm³/mol. The first kappa shape index (κ1) is 13.4. The monoisotopic (exact) mass is 300 g/mol. The summed E-state index contributed by atoms with van der Waals surface area (Å²) in [6.45, 7) is 0. The summed E-state index contributed by atoms with van der Waals surface area (Å²) in [5, 5.41) is 0. The number of fused-ring (bicyclic) bond motifs is 5. The summed E-state index contributed by atoms with van der Waals surface area (Å²) in [5.74, 6) is -10.3. The van der Waals surface area contributed by atoms with Gasteiger partial charge in [0.1, 0.15) is 0 Å². The maximum absolute atomic E-state index is 13.2. The van der Waals surface area contributed by atoms with Crippen molar-refractivity contribution >= 4 is 11.9 Å². The number of alkyl halides is 6. The van der Waals surface area contributed by atoms with E-state index in [1.807, 2.05) is 0 Å². The van der Waals surface area contributed by atoms with Crippen LogP contribution in [0.1, 0.15) is 0 Å². The second-order valence-corrected chi connectivity index (χ2v) is 5.09. The molecule has 0 spiro atoms. The topological polar surface area (TPSA) is 43.4 Å². The number of halogens is 6. The van der Waals surface area contributed by atoms with Crippen LogP contribution in [0.3, 0.4) is 0 Å². The number of hydrogen-bond acceptors (Lipinski definition) is 3. The van der Waals surface area contributed by atoms with Gasteiger partial charge in [-0.1, -0.05) is 12.2 Å². The average molecular weight is 300 g/mol. The Morgan fingerprint density at radius 2 is 1.20 bits per heavy atom. The molecule has 9 heteroatoms. The largest absolute Gasteiger partial charge is 0.404 e. The molecule has 3 aliphatic rings. The fraction of sp³-hybridized carbons (Fsp3) is 0.636. The van der Waals surface area contributed by atoms with Gasteiger partial charge in [-0.05, 0) is 0 Å². The zero-order valence-electron chi connectivity index (χ0n) is 9.46. The normalized spacial score (nSPS) is 38.3. The molecule has 1 saturated carbocycles. The molecule has 1 aliphatic heterocycles. The molecule has 3 nitrogen and oxygen atoms in total. The van der Waals surface area contributed by atoms with Crippen molar-refractivity contribution in [2.75, 3.05) is 0 Å². The third-order valence-corrected chi connectivity index (χ3v) is 4.42. The standard InChI is InChI=1S/C11H6F6O3/c12-10(13,14)9(11(15,16)17)3-1-2-4(9)6-5(3)7(18)20-8(6)19/h1-6H. The smallest absolute Gasteiger partial charge is 0.393 e. The van der Waals surface area contributed by atoms with Crippen molar-refractivity contribution < 1.29 is 40.7 Å². The highest BCUT2D eigenvalue weighted by molar-refractivity contribution is 5.98. The van der Waals surface area contributed by atoms with Gasteiger partial charge in [0.2, 0.25) is 0 Å². The molecule has 0 aromatic rings. The summed E-state index contributed by atoms with van der Waals surface area (Å²) in [6, 6.07) is 0. The predicted octanol–water partition coefficient (Wildman–Crippen LogP) is 2.23. The van der Waals surface area contributed by atoms with E-state index < -0.39 is 53.4 Å². The maximum Gasteiger partial charge on any atom is 0.404 e. The van der Waals surface area contributed by atoms with E-state index in [0.29, 0.717) is 0 Å². The van der Waals surface area contributed by atoms with Crippen LogP contribution in [-0.4, -0.2) is 24.3 Å². The van der Waals surface area contributed by atoms with Crippen molar-refractivity contribution in [1.82, 2.24) is 0 Å². The van der Waals surface area contributed by atoms with Gasteiger partial charge >= 0.3 is 24.3 Å². The highest BCUT2D eigenvalue weighted by Gasteiger charge is 2.86. The fourth-order valence-corrected chi connectivity index (χ4v) is 3.76. The second-order valence-electron chi connectivity index (χ2n) is 5.09. The van der Waals surface area contributed by atoms with Crippen molar-refractivity contribution in [2.24, 2.45) is 29.1 Å². The average Bonchev–Trinajstić information content (AvgIpc) is 2.84. The van der Waals surface area contributed by atoms with Gasteiger partial charge in [-0.2, -0.15) is 26.3 Å². The minimum Gasteiger partial charge on any atom is -0.393 e. The van der Waals surface area contributed by atoms with E-state index in [4.69, 9.17) is 0 Å². The third kappa shape index (κ3) is 1.19. The molecule has 4 atom stereocenters. The molecule has 1 saturated heterocycles. The van der Waals surface area contributed by atoms with Crippen LogP contribution >= 0.6 is 0 Å². The van der Waals surface area contributed by atoms with Gasteiger partial charge < -0.3 is 4.74 Å². The summed E-state index contributed by atoms with van der Waals surface area (Å²) in [4.78, 5) is 22.8. The first-order valence-corrected chi connectivity index (χ1v) is 5.61. The molecular weight excluding hydrogens is 294 g/mol. The molecule has 3 rings (SSSR count). The lowest BCUT2D eigenvalue weighted by Crippen LogP contribution is -2.55. The van der Waals surface area contributed by atoms with Crippen LogP contribution in [0.2, 0.25) is 0 Å². The van der Waals surface area contributed by atoms with Crippen LogP contribution in [0.25, 0.3) is 0 Å². The molecule has 0 N–H and O–H groups in total. The van der Waals surface area contributed by atoms with Crippen LogP contribution in [-0.2, 0) is 14.3 Å². The minimum absolute atomic E-state index is 0.729. The van der Waals surface area contributed by atoms with E-state index in [0.717, 1.165) is 12.2 Å². The minimum atomic E-state index is -5.62. The highest BCUT2D eigenvalue weighted by atomic mass is 19.4. The second kappa shape index (κ2) is 3.37. The van der Waals surface area contributed by atoms with Crippen molar-refractivity contribution in [3.05, 3.63) is 12.2 Å². The molecule has 1 heterocycles. The van der Waals surface area contributed by atoms with Gasteiger partial charge in [0.25, 0.3) is 0 Å². The van der Waals surface area contributed by atoms with Gasteiger partial charge in [-0.25, -0.2) is 0 Å². The van der Waals surface area contributed by atoms with Gasteiger partial charge in [0, 0.05) is 11.8 Å². The number of esters is 2. The van der Waals surface area contributed by atoms with Gasteiger partial charge in [-0.3, -0.25) is 9.59 Å². The Morgan fingerprint density at radius 3 is 1.50 bits per heavy atom. The summed E-state index contributed by atoms with van der Waals surface area (Å²) < 4.78 is 83.3. The van der Waals surface area contributed by atoms with Crippen LogP contribution in [0.4, 0.5) is 26.3 Å². The number of hydrogen-bond donors (Lipinski definition) is 0. The molecule has 2 bridgehead atoms. The lowest BCUT2D eigenvalue weighted by atomic mass is 9.73. The number of carbonyl (C=O) groups is 2. The van der Waals surface area contributed by atoms with Crippen molar-refractivity contribution in [2.45, 2.75) is 12.4 Å². The van der Waals surface area contributed by atoms with Crippen molar-refractivity contribution in [3.8, 4) is 0 Å². The van der Waals surface area contributed by atoms with E-state index in [1.165, 1.54) is 0 Å². The maximum atomic E-state index is 13.2. The molecule has 0 aromatic heterocycles. The summed E-state index contributed by atoms with van der Waals surface area (Å²) in [6.07, 6.45) is -9.77. The van der Waals surface area contributed by atoms with Crippen LogP contribution in [0, 0.1) is 29.1 Å². The number of cyclic esters (lactones) is 2. The Morgan fingerprint density at radius 1 is 0.850 bits per heavy atom. The van der Waals surface area contributed by atoms with E-state index >= 15 is 0 Å². The molecule has 110 valence electrons. The lowest BCUT2D eigenvalue weighted by molar-refractivity contribution is -0.356. The Balaban J connectivity index is 2.22. The number of ether oxygens (including phenoxy) is 1. The number of rotatable bonds is 0. The van der Waals surface area contributed by atoms with Crippen LogP contribution < -0.4 is 0 Å². The van der Waals surface area contributed by atoms with Gasteiger partial charge in [0.15, 0.2) is 5.41 Å². The summed E-state index contributed by atoms with van der Waals surface area (Å²) in [7, 11) is 0. The highest BCUT2D eigenvalue weighted by Crippen LogP contribution is 2.72. The molecule has 2 aliphatic carbocycles. The Bertz CT molecular complexity index is 485. The van der Waals surface area contributed by atoms with Crippen LogP contribution in [0.15, 0.2) is 12.2 Å². The van der Waals surface area contributed by atoms with Crippen molar-refractivity contribution in [3.63, 3.8) is 0 Å². The number of allylic oxidation sites excluding steroid dienone is 2. The number of carbonyl (C=O) groups excluding carboxylic acids is 2. The van der Waals surface area contributed by atoms with E-state index in [2.05, 4.69) is 4.74 Å². The molecule has 2 fully saturated rings. The Hall–Kier alpha value is -1.54. The lowest BCUT2D eigenvalue weighted by Gasteiger charge is -2.38. The summed E-state index contributed by atoms with van der Waals surface area (Å²) >= 11 is 0. The van der Waals surface area contributed by atoms with Gasteiger partial charge in [0.05, 0.1) is 11.8 Å². The molecule has 0 radical (unpaired) electrons. The zero-order chi connectivity index (χ0) is 15.1. The first-order valence-electron chi connectivity index (χ1n) is 5.61. The molecule has 20 heavy (non-hydrogen) atoms. The van der Waals surface area contributed by atoms with E-state index in [-0.39, 0.29) is 0 Å². The van der Waals surface area contributed by atoms with Crippen molar-refractivity contribution in [1.29, 1.82) is 0 Å². The Labute approximate surface area is 107 Å². The van der Waals surface area contributed by atoms with Crippen LogP contribution in [0.5, 0.6) is 0 Å². The molecule has 0 amide bonds. The SMILES string of the molecule is O=C1OC(=O)C2C1C1C=CC2C1(C(F)(F)F)C(F)(F)F. The molecule has 0 aromatic carbocycles. The Kier molecular flexibility index (Phi) is 2.27. The molecular formula is C11H6F6O3. The molecule has 4 unspecified atom stereocenters.